The fourth-order valence-corrected chi connectivity index (χ4v) is 4.19. The third-order valence-corrected chi connectivity index (χ3v) is 5.95. The molecule has 0 spiro atoms. The highest BCUT2D eigenvalue weighted by atomic mass is 19.1. The van der Waals surface area contributed by atoms with E-state index < -0.39 is 6.67 Å². The Labute approximate surface area is 161 Å². The van der Waals surface area contributed by atoms with Crippen molar-refractivity contribution in [3.8, 4) is 0 Å². The van der Waals surface area contributed by atoms with E-state index in [1.165, 1.54) is 18.3 Å². The van der Waals surface area contributed by atoms with E-state index >= 15 is 0 Å². The van der Waals surface area contributed by atoms with Crippen LogP contribution >= 0.6 is 0 Å². The maximum Gasteiger partial charge on any atom is 0.254 e. The SMILES string of the molecule is C1CC2CC2C1.CCN(CC)C(=O)c1ccn2c(CF)c(C(C)C)nc2c1. The van der Waals surface area contributed by atoms with Gasteiger partial charge in [-0.15, -0.1) is 0 Å². The van der Waals surface area contributed by atoms with E-state index in [1.807, 2.05) is 27.7 Å². The molecule has 0 radical (unpaired) electrons. The predicted molar refractivity (Wildman–Crippen MR) is 107 cm³/mol. The monoisotopic (exact) mass is 373 g/mol. The molecule has 2 saturated carbocycles. The van der Waals surface area contributed by atoms with Crippen LogP contribution in [-0.4, -0.2) is 33.3 Å². The maximum absolute atomic E-state index is 13.3. The molecule has 0 aromatic carbocycles. The first kappa shape index (κ1) is 19.8. The van der Waals surface area contributed by atoms with E-state index in [4.69, 9.17) is 0 Å². The van der Waals surface area contributed by atoms with Gasteiger partial charge in [0.2, 0.25) is 0 Å². The van der Waals surface area contributed by atoms with Gasteiger partial charge in [-0.1, -0.05) is 33.1 Å². The Kier molecular flexibility index (Phi) is 6.18. The number of pyridine rings is 1. The molecule has 2 aromatic heterocycles. The lowest BCUT2D eigenvalue weighted by atomic mass is 10.1. The number of aromatic nitrogens is 2. The van der Waals surface area contributed by atoms with Gasteiger partial charge >= 0.3 is 0 Å². The first-order valence-electron chi connectivity index (χ1n) is 10.4. The van der Waals surface area contributed by atoms with Crippen molar-refractivity contribution in [3.63, 3.8) is 0 Å². The number of imidazole rings is 1. The summed E-state index contributed by atoms with van der Waals surface area (Å²) in [7, 11) is 0. The Morgan fingerprint density at radius 3 is 2.41 bits per heavy atom. The van der Waals surface area contributed by atoms with Crippen molar-refractivity contribution in [2.24, 2.45) is 11.8 Å². The molecule has 2 heterocycles. The quantitative estimate of drug-likeness (QED) is 0.721. The first-order chi connectivity index (χ1) is 13.0. The lowest BCUT2D eigenvalue weighted by molar-refractivity contribution is 0.0773. The molecule has 148 valence electrons. The third-order valence-electron chi connectivity index (χ3n) is 5.95. The molecule has 2 unspecified atom stereocenters. The molecule has 0 N–H and O–H groups in total. The number of carbonyl (C=O) groups excluding carboxylic acids is 1. The molecule has 2 fully saturated rings. The molecule has 2 aliphatic rings. The van der Waals surface area contributed by atoms with Crippen molar-refractivity contribution in [2.45, 2.75) is 66.0 Å². The highest BCUT2D eigenvalue weighted by molar-refractivity contribution is 5.95. The largest absolute Gasteiger partial charge is 0.339 e. The number of hydrogen-bond acceptors (Lipinski definition) is 2. The summed E-state index contributed by atoms with van der Waals surface area (Å²) >= 11 is 0. The van der Waals surface area contributed by atoms with Crippen LogP contribution in [0.3, 0.4) is 0 Å². The standard InChI is InChI=1S/C16H22FN3O.C6H10/c1-5-19(6-2)16(21)12-7-8-20-13(10-17)15(11(3)4)18-14(20)9-12;1-2-5-4-6(5)3-1/h7-9,11H,5-6,10H2,1-4H3;5-6H,1-4H2. The van der Waals surface area contributed by atoms with Crippen LogP contribution in [-0.2, 0) is 6.67 Å². The highest BCUT2D eigenvalue weighted by Crippen LogP contribution is 2.51. The molecule has 4 rings (SSSR count). The van der Waals surface area contributed by atoms with Gasteiger partial charge in [0.25, 0.3) is 5.91 Å². The van der Waals surface area contributed by atoms with E-state index in [2.05, 4.69) is 4.98 Å². The van der Waals surface area contributed by atoms with E-state index in [1.54, 1.807) is 46.9 Å². The smallest absolute Gasteiger partial charge is 0.254 e. The molecule has 0 bridgehead atoms. The van der Waals surface area contributed by atoms with Crippen molar-refractivity contribution in [3.05, 3.63) is 35.3 Å². The Hall–Kier alpha value is -1.91. The average Bonchev–Trinajstić information content (AvgIpc) is 3.11. The number of amides is 1. The fraction of sp³-hybridized carbons (Fsp3) is 0.636. The van der Waals surface area contributed by atoms with Gasteiger partial charge in [0.15, 0.2) is 0 Å². The van der Waals surface area contributed by atoms with Gasteiger partial charge in [-0.2, -0.15) is 0 Å². The lowest BCUT2D eigenvalue weighted by Crippen LogP contribution is -2.30. The van der Waals surface area contributed by atoms with Gasteiger partial charge in [-0.05, 0) is 50.2 Å². The fourth-order valence-electron chi connectivity index (χ4n) is 4.19. The van der Waals surface area contributed by atoms with Crippen molar-refractivity contribution in [1.29, 1.82) is 0 Å². The van der Waals surface area contributed by atoms with Gasteiger partial charge in [-0.3, -0.25) is 4.79 Å². The molecular weight excluding hydrogens is 341 g/mol. The molecule has 2 aromatic rings. The molecule has 4 nitrogen and oxygen atoms in total. The van der Waals surface area contributed by atoms with Gasteiger partial charge in [-0.25, -0.2) is 9.37 Å². The van der Waals surface area contributed by atoms with E-state index in [0.29, 0.717) is 30.0 Å². The van der Waals surface area contributed by atoms with Crippen LogP contribution in [0.1, 0.15) is 81.0 Å². The minimum Gasteiger partial charge on any atom is -0.339 e. The minimum atomic E-state index is -0.558. The summed E-state index contributed by atoms with van der Waals surface area (Å²) in [5.41, 5.74) is 2.55. The predicted octanol–water partition coefficient (Wildman–Crippen LogP) is 5.22. The first-order valence-corrected chi connectivity index (χ1v) is 10.4. The van der Waals surface area contributed by atoms with E-state index in [-0.39, 0.29) is 11.8 Å². The maximum atomic E-state index is 13.3. The van der Waals surface area contributed by atoms with Crippen LogP contribution in [0, 0.1) is 11.8 Å². The minimum absolute atomic E-state index is 0.0154. The molecule has 1 amide bonds. The van der Waals surface area contributed by atoms with Crippen molar-refractivity contribution >= 4 is 11.6 Å². The Morgan fingerprint density at radius 1 is 1.30 bits per heavy atom. The van der Waals surface area contributed by atoms with Crippen LogP contribution in [0.4, 0.5) is 4.39 Å². The second-order valence-electron chi connectivity index (χ2n) is 8.04. The normalized spacial score (nSPS) is 20.4. The second-order valence-corrected chi connectivity index (χ2v) is 8.04. The van der Waals surface area contributed by atoms with E-state index in [9.17, 15) is 9.18 Å². The molecule has 2 atom stereocenters. The van der Waals surface area contributed by atoms with Crippen LogP contribution in [0.25, 0.3) is 5.65 Å². The van der Waals surface area contributed by atoms with Crippen molar-refractivity contribution in [1.82, 2.24) is 14.3 Å². The zero-order chi connectivity index (χ0) is 19.6. The number of rotatable bonds is 5. The number of fused-ring (bicyclic) bond motifs is 2. The number of hydrogen-bond donors (Lipinski definition) is 0. The molecule has 0 saturated heterocycles. The summed E-state index contributed by atoms with van der Waals surface area (Å²) in [6, 6.07) is 3.48. The average molecular weight is 374 g/mol. The molecule has 2 aliphatic carbocycles. The Bertz CT molecular complexity index is 786. The number of carbonyl (C=O) groups is 1. The van der Waals surface area contributed by atoms with Crippen molar-refractivity contribution < 1.29 is 9.18 Å². The summed E-state index contributed by atoms with van der Waals surface area (Å²) in [4.78, 5) is 18.6. The van der Waals surface area contributed by atoms with Crippen LogP contribution in [0.2, 0.25) is 0 Å². The summed E-state index contributed by atoms with van der Waals surface area (Å²) < 4.78 is 15.0. The molecule has 5 heteroatoms. The zero-order valence-corrected chi connectivity index (χ0v) is 17.0. The summed E-state index contributed by atoms with van der Waals surface area (Å²) in [5.74, 6) is 2.56. The number of nitrogens with zero attached hydrogens (tertiary/aromatic N) is 3. The second kappa shape index (κ2) is 8.41. The molecule has 27 heavy (non-hydrogen) atoms. The number of alkyl halides is 1. The van der Waals surface area contributed by atoms with Crippen LogP contribution < -0.4 is 0 Å². The Morgan fingerprint density at radius 2 is 1.96 bits per heavy atom. The van der Waals surface area contributed by atoms with Crippen LogP contribution in [0.5, 0.6) is 0 Å². The summed E-state index contributed by atoms with van der Waals surface area (Å²) in [5, 5.41) is 0. The van der Waals surface area contributed by atoms with Gasteiger partial charge in [0.1, 0.15) is 12.3 Å². The summed E-state index contributed by atoms with van der Waals surface area (Å²) in [6.45, 7) is 8.66. The Balaban J connectivity index is 0.000000290. The van der Waals surface area contributed by atoms with E-state index in [0.717, 1.165) is 5.69 Å². The van der Waals surface area contributed by atoms with Gasteiger partial charge in [0, 0.05) is 24.8 Å². The topological polar surface area (TPSA) is 37.6 Å². The molecular formula is C22H32FN3O. The van der Waals surface area contributed by atoms with Crippen LogP contribution in [0.15, 0.2) is 18.3 Å². The molecule has 0 aliphatic heterocycles. The third kappa shape index (κ3) is 4.17. The zero-order valence-electron chi connectivity index (χ0n) is 17.0. The van der Waals surface area contributed by atoms with Crippen molar-refractivity contribution in [2.75, 3.05) is 13.1 Å². The highest BCUT2D eigenvalue weighted by Gasteiger charge is 2.40. The van der Waals surface area contributed by atoms with Gasteiger partial charge < -0.3 is 9.30 Å². The van der Waals surface area contributed by atoms with Gasteiger partial charge in [0.05, 0.1) is 11.4 Å². The number of halogens is 1. The lowest BCUT2D eigenvalue weighted by Gasteiger charge is -2.18. The summed E-state index contributed by atoms with van der Waals surface area (Å²) in [6.07, 6.45) is 7.98.